The number of nitriles is 1. The molecule has 1 heterocycles. The van der Waals surface area contributed by atoms with E-state index in [9.17, 15) is 27.6 Å². The van der Waals surface area contributed by atoms with Gasteiger partial charge in [0, 0.05) is 12.1 Å². The molecule has 0 fully saturated rings. The van der Waals surface area contributed by atoms with Gasteiger partial charge >= 0.3 is 6.18 Å². The predicted molar refractivity (Wildman–Crippen MR) is 107 cm³/mol. The number of halogens is 4. The number of alkyl halides is 3. The first-order chi connectivity index (χ1) is 15.1. The van der Waals surface area contributed by atoms with E-state index < -0.39 is 24.4 Å². The lowest BCUT2D eigenvalue weighted by Gasteiger charge is -2.10. The molecule has 3 aromatic rings. The van der Waals surface area contributed by atoms with Gasteiger partial charge in [-0.3, -0.25) is 4.79 Å². The Morgan fingerprint density at radius 3 is 2.53 bits per heavy atom. The molecule has 0 bridgehead atoms. The maximum absolute atomic E-state index is 13.5. The van der Waals surface area contributed by atoms with Crippen LogP contribution >= 0.6 is 0 Å². The zero-order chi connectivity index (χ0) is 23.5. The standard InChI is InChI=1S/C21H17F4N5O2/c1-32-17-7-6-14(22)8-15(17)20(31)28-10-12-2-4-13(5-3-12)18-16(9-26)19(27)30(29-18)11-21(23,24)25/h2-8H,10-11,27H2,1H3,(H,28,31). The number of hydrogen-bond acceptors (Lipinski definition) is 5. The minimum Gasteiger partial charge on any atom is -0.496 e. The number of carbonyl (C=O) groups is 1. The SMILES string of the molecule is COc1ccc(F)cc1C(=O)NCc1ccc(-c2nn(CC(F)(F)F)c(N)c2C#N)cc1. The van der Waals surface area contributed by atoms with Crippen LogP contribution in [-0.2, 0) is 13.1 Å². The van der Waals surface area contributed by atoms with Crippen molar-refractivity contribution in [1.82, 2.24) is 15.1 Å². The summed E-state index contributed by atoms with van der Waals surface area (Å²) in [6, 6.07) is 11.7. The number of methoxy groups -OCH3 is 1. The third kappa shape index (κ3) is 4.97. The molecule has 1 aromatic heterocycles. The average molecular weight is 447 g/mol. The van der Waals surface area contributed by atoms with Gasteiger partial charge in [-0.05, 0) is 23.8 Å². The number of rotatable bonds is 6. The van der Waals surface area contributed by atoms with Crippen LogP contribution in [-0.4, -0.2) is 29.0 Å². The summed E-state index contributed by atoms with van der Waals surface area (Å²) in [6.45, 7) is -1.32. The molecular weight excluding hydrogens is 430 g/mol. The highest BCUT2D eigenvalue weighted by Crippen LogP contribution is 2.29. The van der Waals surface area contributed by atoms with Crippen LogP contribution in [0.3, 0.4) is 0 Å². The van der Waals surface area contributed by atoms with Gasteiger partial charge in [0.1, 0.15) is 41.3 Å². The summed E-state index contributed by atoms with van der Waals surface area (Å²) in [5.41, 5.74) is 6.59. The average Bonchev–Trinajstić information content (AvgIpc) is 3.06. The zero-order valence-corrected chi connectivity index (χ0v) is 16.7. The van der Waals surface area contributed by atoms with E-state index >= 15 is 0 Å². The Kier molecular flexibility index (Phi) is 6.34. The smallest absolute Gasteiger partial charge is 0.408 e. The summed E-state index contributed by atoms with van der Waals surface area (Å²) in [4.78, 5) is 12.4. The number of carbonyl (C=O) groups excluding carboxylic acids is 1. The molecule has 2 aromatic carbocycles. The molecule has 0 radical (unpaired) electrons. The van der Waals surface area contributed by atoms with E-state index in [1.54, 1.807) is 30.3 Å². The fraction of sp³-hybridized carbons (Fsp3) is 0.190. The molecule has 1 amide bonds. The highest BCUT2D eigenvalue weighted by Gasteiger charge is 2.31. The fourth-order valence-electron chi connectivity index (χ4n) is 2.99. The second kappa shape index (κ2) is 8.97. The second-order valence-corrected chi connectivity index (χ2v) is 6.72. The van der Waals surface area contributed by atoms with E-state index in [-0.39, 0.29) is 34.9 Å². The molecule has 7 nitrogen and oxygen atoms in total. The van der Waals surface area contributed by atoms with E-state index in [0.29, 0.717) is 15.8 Å². The summed E-state index contributed by atoms with van der Waals surface area (Å²) in [7, 11) is 1.36. The number of benzene rings is 2. The van der Waals surface area contributed by atoms with Crippen LogP contribution in [0, 0.1) is 17.1 Å². The van der Waals surface area contributed by atoms with Gasteiger partial charge in [0.2, 0.25) is 0 Å². The summed E-state index contributed by atoms with van der Waals surface area (Å²) in [5.74, 6) is -1.29. The molecule has 0 aliphatic carbocycles. The first kappa shape index (κ1) is 22.6. The summed E-state index contributed by atoms with van der Waals surface area (Å²) in [5, 5.41) is 15.8. The number of hydrogen-bond donors (Lipinski definition) is 2. The van der Waals surface area contributed by atoms with Crippen LogP contribution in [0.25, 0.3) is 11.3 Å². The van der Waals surface area contributed by atoms with Gasteiger partial charge in [-0.2, -0.15) is 23.5 Å². The zero-order valence-electron chi connectivity index (χ0n) is 16.7. The van der Waals surface area contributed by atoms with Crippen molar-refractivity contribution in [2.24, 2.45) is 0 Å². The third-order valence-corrected chi connectivity index (χ3v) is 4.52. The molecule has 0 unspecified atom stereocenters. The molecule has 0 spiro atoms. The lowest BCUT2D eigenvalue weighted by Crippen LogP contribution is -2.23. The Bertz CT molecular complexity index is 1180. The van der Waals surface area contributed by atoms with Crippen molar-refractivity contribution in [3.8, 4) is 23.1 Å². The highest BCUT2D eigenvalue weighted by molar-refractivity contribution is 5.96. The summed E-state index contributed by atoms with van der Waals surface area (Å²) in [6.07, 6.45) is -4.55. The van der Waals surface area contributed by atoms with Crippen molar-refractivity contribution in [3.63, 3.8) is 0 Å². The molecular formula is C21H17F4N5O2. The molecule has 0 aliphatic heterocycles. The number of nitrogens with one attached hydrogen (secondary N) is 1. The van der Waals surface area contributed by atoms with Crippen molar-refractivity contribution in [3.05, 3.63) is 65.0 Å². The predicted octanol–water partition coefficient (Wildman–Crippen LogP) is 3.64. The number of ether oxygens (including phenoxy) is 1. The molecule has 0 aliphatic rings. The molecule has 0 atom stereocenters. The first-order valence-electron chi connectivity index (χ1n) is 9.17. The Hall–Kier alpha value is -4.07. The maximum atomic E-state index is 13.5. The minimum absolute atomic E-state index is 0.0225. The highest BCUT2D eigenvalue weighted by atomic mass is 19.4. The van der Waals surface area contributed by atoms with Crippen molar-refractivity contribution in [1.29, 1.82) is 5.26 Å². The normalized spacial score (nSPS) is 11.1. The number of aromatic nitrogens is 2. The Morgan fingerprint density at radius 1 is 1.25 bits per heavy atom. The fourth-order valence-corrected chi connectivity index (χ4v) is 2.99. The van der Waals surface area contributed by atoms with Crippen molar-refractivity contribution in [2.75, 3.05) is 12.8 Å². The van der Waals surface area contributed by atoms with E-state index in [1.165, 1.54) is 19.2 Å². The minimum atomic E-state index is -4.55. The Labute approximate surface area is 180 Å². The van der Waals surface area contributed by atoms with Crippen molar-refractivity contribution < 1.29 is 27.1 Å². The van der Waals surface area contributed by atoms with E-state index in [0.717, 1.165) is 6.07 Å². The maximum Gasteiger partial charge on any atom is 0.408 e. The van der Waals surface area contributed by atoms with Gasteiger partial charge in [-0.25, -0.2) is 9.07 Å². The summed E-state index contributed by atoms with van der Waals surface area (Å²) < 4.78 is 57.2. The van der Waals surface area contributed by atoms with Gasteiger partial charge in [0.25, 0.3) is 5.91 Å². The third-order valence-electron chi connectivity index (χ3n) is 4.52. The Morgan fingerprint density at radius 2 is 1.94 bits per heavy atom. The van der Waals surface area contributed by atoms with Gasteiger partial charge < -0.3 is 15.8 Å². The van der Waals surface area contributed by atoms with Gasteiger partial charge in [0.15, 0.2) is 0 Å². The first-order valence-corrected chi connectivity index (χ1v) is 9.17. The second-order valence-electron chi connectivity index (χ2n) is 6.72. The number of amides is 1. The van der Waals surface area contributed by atoms with Crippen LogP contribution in [0.4, 0.5) is 23.4 Å². The molecule has 11 heteroatoms. The van der Waals surface area contributed by atoms with Crippen LogP contribution in [0.5, 0.6) is 5.75 Å². The van der Waals surface area contributed by atoms with Crippen molar-refractivity contribution in [2.45, 2.75) is 19.3 Å². The van der Waals surface area contributed by atoms with Crippen LogP contribution in [0.2, 0.25) is 0 Å². The molecule has 3 rings (SSSR count). The van der Waals surface area contributed by atoms with Gasteiger partial charge in [0.05, 0.1) is 12.7 Å². The van der Waals surface area contributed by atoms with Gasteiger partial charge in [-0.1, -0.05) is 24.3 Å². The number of nitrogen functional groups attached to an aromatic ring is 1. The topological polar surface area (TPSA) is 106 Å². The summed E-state index contributed by atoms with van der Waals surface area (Å²) >= 11 is 0. The van der Waals surface area contributed by atoms with Crippen LogP contribution < -0.4 is 15.8 Å². The lowest BCUT2D eigenvalue weighted by atomic mass is 10.1. The van der Waals surface area contributed by atoms with E-state index in [1.807, 2.05) is 0 Å². The van der Waals surface area contributed by atoms with E-state index in [2.05, 4.69) is 10.4 Å². The molecule has 166 valence electrons. The van der Waals surface area contributed by atoms with Crippen LogP contribution in [0.15, 0.2) is 42.5 Å². The van der Waals surface area contributed by atoms with Gasteiger partial charge in [-0.15, -0.1) is 0 Å². The lowest BCUT2D eigenvalue weighted by molar-refractivity contribution is -0.142. The monoisotopic (exact) mass is 447 g/mol. The molecule has 0 saturated heterocycles. The number of nitrogens with two attached hydrogens (primary N) is 1. The Balaban J connectivity index is 1.76. The van der Waals surface area contributed by atoms with Crippen molar-refractivity contribution >= 4 is 11.7 Å². The quantitative estimate of drug-likeness (QED) is 0.561. The van der Waals surface area contributed by atoms with Crippen LogP contribution in [0.1, 0.15) is 21.5 Å². The van der Waals surface area contributed by atoms with E-state index in [4.69, 9.17) is 10.5 Å². The largest absolute Gasteiger partial charge is 0.496 e. The molecule has 0 saturated carbocycles. The molecule has 32 heavy (non-hydrogen) atoms. The molecule has 3 N–H and O–H groups in total. The number of anilines is 1. The number of nitrogens with zero attached hydrogens (tertiary/aromatic N) is 3.